The van der Waals surface area contributed by atoms with Gasteiger partial charge in [-0.05, 0) is 108 Å². The van der Waals surface area contributed by atoms with E-state index >= 15 is 0 Å². The standard InChI is InChI=1S/C30H60N4O/c1-11-26(35)34(25-22-29(6,7)32-30(8,9)23-25)19-17-15-13-12-14-16-18-33(10)24-20-27(2,3)31-28(4,5)21-24/h24-25,31-32H,11-23H2,1-10H3. The van der Waals surface area contributed by atoms with Crippen LogP contribution in [0.25, 0.3) is 0 Å². The number of nitrogens with one attached hydrogen (secondary N) is 2. The molecular weight excluding hydrogens is 432 g/mol. The normalized spacial score (nSPS) is 24.0. The summed E-state index contributed by atoms with van der Waals surface area (Å²) in [6, 6.07) is 1.03. The molecule has 0 atom stereocenters. The maximum atomic E-state index is 12.8. The third kappa shape index (κ3) is 10.3. The summed E-state index contributed by atoms with van der Waals surface area (Å²) in [4.78, 5) is 17.6. The van der Waals surface area contributed by atoms with E-state index in [-0.39, 0.29) is 22.2 Å². The Hall–Kier alpha value is -0.650. The molecule has 1 amide bonds. The molecule has 0 aromatic carbocycles. The van der Waals surface area contributed by atoms with Crippen LogP contribution in [0.3, 0.4) is 0 Å². The molecule has 0 aromatic rings. The lowest BCUT2D eigenvalue weighted by Gasteiger charge is -2.49. The van der Waals surface area contributed by atoms with Gasteiger partial charge in [-0.2, -0.15) is 0 Å². The summed E-state index contributed by atoms with van der Waals surface area (Å²) in [5.41, 5.74) is 0.581. The minimum absolute atomic E-state index is 0.0749. The molecule has 2 N–H and O–H groups in total. The van der Waals surface area contributed by atoms with Gasteiger partial charge in [0.15, 0.2) is 0 Å². The van der Waals surface area contributed by atoms with Crippen LogP contribution in [0.4, 0.5) is 0 Å². The van der Waals surface area contributed by atoms with Crippen molar-refractivity contribution in [3.63, 3.8) is 0 Å². The van der Waals surface area contributed by atoms with Gasteiger partial charge in [-0.25, -0.2) is 0 Å². The molecule has 2 heterocycles. The average molecular weight is 493 g/mol. The van der Waals surface area contributed by atoms with Gasteiger partial charge in [0.25, 0.3) is 0 Å². The second-order valence-electron chi connectivity index (χ2n) is 14.5. The molecule has 2 aliphatic rings. The van der Waals surface area contributed by atoms with Crippen molar-refractivity contribution in [2.24, 2.45) is 0 Å². The van der Waals surface area contributed by atoms with E-state index in [0.29, 0.717) is 24.4 Å². The van der Waals surface area contributed by atoms with Crippen LogP contribution >= 0.6 is 0 Å². The largest absolute Gasteiger partial charge is 0.340 e. The Labute approximate surface area is 218 Å². The quantitative estimate of drug-likeness (QED) is 0.322. The third-order valence-corrected chi connectivity index (χ3v) is 8.18. The molecule has 35 heavy (non-hydrogen) atoms. The van der Waals surface area contributed by atoms with Crippen molar-refractivity contribution < 1.29 is 4.79 Å². The maximum Gasteiger partial charge on any atom is 0.222 e. The topological polar surface area (TPSA) is 47.6 Å². The van der Waals surface area contributed by atoms with Crippen molar-refractivity contribution in [1.29, 1.82) is 0 Å². The van der Waals surface area contributed by atoms with Gasteiger partial charge >= 0.3 is 0 Å². The lowest BCUT2D eigenvalue weighted by molar-refractivity contribution is -0.135. The number of hydrogen-bond acceptors (Lipinski definition) is 4. The second kappa shape index (κ2) is 12.3. The van der Waals surface area contributed by atoms with Crippen LogP contribution in [-0.4, -0.2) is 70.1 Å². The zero-order valence-electron chi connectivity index (χ0n) is 25.1. The lowest BCUT2D eigenvalue weighted by Crippen LogP contribution is -2.62. The zero-order chi connectivity index (χ0) is 26.5. The van der Waals surface area contributed by atoms with Crippen molar-refractivity contribution in [3.8, 4) is 0 Å². The highest BCUT2D eigenvalue weighted by atomic mass is 16.2. The van der Waals surface area contributed by atoms with Crippen LogP contribution in [-0.2, 0) is 4.79 Å². The predicted octanol–water partition coefficient (Wildman–Crippen LogP) is 6.12. The summed E-state index contributed by atoms with van der Waals surface area (Å²) in [7, 11) is 2.32. The maximum absolute atomic E-state index is 12.8. The fourth-order valence-corrected chi connectivity index (χ4v) is 7.32. The fraction of sp³-hybridized carbons (Fsp3) is 0.967. The summed E-state index contributed by atoms with van der Waals surface area (Å²) in [6.45, 7) is 22.6. The third-order valence-electron chi connectivity index (χ3n) is 8.18. The smallest absolute Gasteiger partial charge is 0.222 e. The molecule has 0 saturated carbocycles. The first kappa shape index (κ1) is 30.6. The summed E-state index contributed by atoms with van der Waals surface area (Å²) in [6.07, 6.45) is 12.7. The van der Waals surface area contributed by atoms with Crippen LogP contribution in [0.2, 0.25) is 0 Å². The number of hydrogen-bond donors (Lipinski definition) is 2. The van der Waals surface area contributed by atoms with Gasteiger partial charge in [0.1, 0.15) is 0 Å². The minimum Gasteiger partial charge on any atom is -0.340 e. The van der Waals surface area contributed by atoms with Crippen LogP contribution < -0.4 is 10.6 Å². The van der Waals surface area contributed by atoms with Crippen LogP contribution in [0.1, 0.15) is 133 Å². The van der Waals surface area contributed by atoms with E-state index in [1.54, 1.807) is 0 Å². The van der Waals surface area contributed by atoms with Gasteiger partial charge in [0.2, 0.25) is 5.91 Å². The first-order chi connectivity index (χ1) is 16.0. The Morgan fingerprint density at radius 1 is 0.657 bits per heavy atom. The summed E-state index contributed by atoms with van der Waals surface area (Å²) in [5.74, 6) is 0.329. The summed E-state index contributed by atoms with van der Waals surface area (Å²) in [5, 5.41) is 7.57. The highest BCUT2D eigenvalue weighted by Gasteiger charge is 2.41. The van der Waals surface area contributed by atoms with Crippen LogP contribution in [0.5, 0.6) is 0 Å². The molecule has 0 unspecified atom stereocenters. The molecule has 2 saturated heterocycles. The van der Waals surface area contributed by atoms with E-state index in [0.717, 1.165) is 25.8 Å². The monoisotopic (exact) mass is 492 g/mol. The van der Waals surface area contributed by atoms with E-state index in [4.69, 9.17) is 0 Å². The highest BCUT2D eigenvalue weighted by Crippen LogP contribution is 2.33. The van der Waals surface area contributed by atoms with Gasteiger partial charge in [0.05, 0.1) is 0 Å². The zero-order valence-corrected chi connectivity index (χ0v) is 25.1. The molecule has 5 nitrogen and oxygen atoms in total. The van der Waals surface area contributed by atoms with Crippen molar-refractivity contribution in [3.05, 3.63) is 0 Å². The average Bonchev–Trinajstić information content (AvgIpc) is 2.67. The Balaban J connectivity index is 1.68. The summed E-state index contributed by atoms with van der Waals surface area (Å²) < 4.78 is 0. The Morgan fingerprint density at radius 2 is 1.03 bits per heavy atom. The van der Waals surface area contributed by atoms with E-state index < -0.39 is 0 Å². The molecule has 2 rings (SSSR count). The molecule has 206 valence electrons. The molecule has 0 aliphatic carbocycles. The number of piperidine rings is 2. The van der Waals surface area contributed by atoms with Crippen molar-refractivity contribution >= 4 is 5.91 Å². The van der Waals surface area contributed by atoms with E-state index in [2.05, 4.69) is 82.9 Å². The molecule has 0 radical (unpaired) electrons. The van der Waals surface area contributed by atoms with Gasteiger partial charge in [-0.3, -0.25) is 4.79 Å². The molecule has 2 aliphatic heterocycles. The first-order valence-electron chi connectivity index (χ1n) is 14.6. The molecule has 2 fully saturated rings. The van der Waals surface area contributed by atoms with E-state index in [1.165, 1.54) is 51.5 Å². The molecule has 0 bridgehead atoms. The van der Waals surface area contributed by atoms with Gasteiger partial charge in [0, 0.05) is 47.2 Å². The number of nitrogens with zero attached hydrogens (tertiary/aromatic N) is 2. The predicted molar refractivity (Wildman–Crippen MR) is 151 cm³/mol. The lowest BCUT2D eigenvalue weighted by atomic mass is 9.79. The Bertz CT molecular complexity index is 637. The van der Waals surface area contributed by atoms with Crippen molar-refractivity contribution in [1.82, 2.24) is 20.4 Å². The first-order valence-corrected chi connectivity index (χ1v) is 14.6. The Kier molecular flexibility index (Phi) is 10.7. The molecule has 5 heteroatoms. The number of amides is 1. The number of carbonyl (C=O) groups is 1. The van der Waals surface area contributed by atoms with Gasteiger partial charge in [-0.15, -0.1) is 0 Å². The number of rotatable bonds is 12. The fourth-order valence-electron chi connectivity index (χ4n) is 7.32. The molecular formula is C30H60N4O. The van der Waals surface area contributed by atoms with Crippen LogP contribution in [0, 0.1) is 0 Å². The van der Waals surface area contributed by atoms with E-state index in [9.17, 15) is 4.79 Å². The second-order valence-corrected chi connectivity index (χ2v) is 14.5. The van der Waals surface area contributed by atoms with Crippen molar-refractivity contribution in [2.45, 2.75) is 167 Å². The van der Waals surface area contributed by atoms with Gasteiger partial charge in [-0.1, -0.05) is 32.6 Å². The summed E-state index contributed by atoms with van der Waals surface area (Å²) >= 11 is 0. The minimum atomic E-state index is 0.0749. The molecule has 0 aromatic heterocycles. The van der Waals surface area contributed by atoms with Crippen molar-refractivity contribution in [2.75, 3.05) is 20.1 Å². The molecule has 0 spiro atoms. The van der Waals surface area contributed by atoms with Crippen LogP contribution in [0.15, 0.2) is 0 Å². The number of carbonyl (C=O) groups excluding carboxylic acids is 1. The highest BCUT2D eigenvalue weighted by molar-refractivity contribution is 5.76. The Morgan fingerprint density at radius 3 is 1.46 bits per heavy atom. The SMILES string of the molecule is CCC(=O)N(CCCCCCCCN(C)C1CC(C)(C)NC(C)(C)C1)C1CC(C)(C)NC(C)(C)C1. The van der Waals surface area contributed by atoms with E-state index in [1.807, 2.05) is 6.92 Å². The number of unbranched alkanes of at least 4 members (excludes halogenated alkanes) is 5. The van der Waals surface area contributed by atoms with Gasteiger partial charge < -0.3 is 20.4 Å².